The summed E-state index contributed by atoms with van der Waals surface area (Å²) >= 11 is 1.03. The predicted molar refractivity (Wildman–Crippen MR) is 68.4 cm³/mol. The SMILES string of the molecule is O[C@@H](CSc1ccccc1)c1c(F)c(F)c(F)c(F)c1F. The normalized spacial score (nSPS) is 12.5. The summed E-state index contributed by atoms with van der Waals surface area (Å²) in [6, 6.07) is 8.57. The summed E-state index contributed by atoms with van der Waals surface area (Å²) < 4.78 is 66.0. The maximum Gasteiger partial charge on any atom is 0.200 e. The molecule has 0 saturated carbocycles. The van der Waals surface area contributed by atoms with Gasteiger partial charge in [0.1, 0.15) is 0 Å². The second-order valence-electron chi connectivity index (χ2n) is 4.12. The number of rotatable bonds is 4. The number of thioether (sulfide) groups is 1. The Morgan fingerprint density at radius 3 is 1.81 bits per heavy atom. The van der Waals surface area contributed by atoms with Crippen LogP contribution >= 0.6 is 11.8 Å². The first-order valence-electron chi connectivity index (χ1n) is 5.80. The molecule has 0 amide bonds. The Labute approximate surface area is 121 Å². The van der Waals surface area contributed by atoms with Crippen LogP contribution in [0.15, 0.2) is 35.2 Å². The third kappa shape index (κ3) is 3.19. The first kappa shape index (κ1) is 15.8. The maximum atomic E-state index is 13.5. The molecule has 2 aromatic carbocycles. The molecule has 0 fully saturated rings. The lowest BCUT2D eigenvalue weighted by molar-refractivity contribution is 0.187. The molecule has 0 aliphatic heterocycles. The van der Waals surface area contributed by atoms with Gasteiger partial charge in [-0.25, -0.2) is 22.0 Å². The lowest BCUT2D eigenvalue weighted by Gasteiger charge is -2.14. The van der Waals surface area contributed by atoms with Gasteiger partial charge in [-0.1, -0.05) is 18.2 Å². The van der Waals surface area contributed by atoms with Gasteiger partial charge in [-0.15, -0.1) is 11.8 Å². The molecule has 0 radical (unpaired) electrons. The van der Waals surface area contributed by atoms with Gasteiger partial charge < -0.3 is 5.11 Å². The highest BCUT2D eigenvalue weighted by Crippen LogP contribution is 2.31. The number of hydrogen-bond donors (Lipinski definition) is 1. The number of halogens is 5. The molecule has 2 aromatic rings. The zero-order chi connectivity index (χ0) is 15.6. The summed E-state index contributed by atoms with van der Waals surface area (Å²) in [6.07, 6.45) is -1.82. The summed E-state index contributed by atoms with van der Waals surface area (Å²) in [5, 5.41) is 9.73. The van der Waals surface area contributed by atoms with Crippen molar-refractivity contribution in [2.24, 2.45) is 0 Å². The minimum atomic E-state index is -2.24. The van der Waals surface area contributed by atoms with E-state index in [0.717, 1.165) is 11.8 Å². The molecule has 112 valence electrons. The molecular formula is C14H9F5OS. The molecule has 0 heterocycles. The molecule has 0 aliphatic rings. The van der Waals surface area contributed by atoms with E-state index in [1.54, 1.807) is 30.3 Å². The summed E-state index contributed by atoms with van der Waals surface area (Å²) in [5.74, 6) is -10.6. The highest BCUT2D eigenvalue weighted by Gasteiger charge is 2.29. The Bertz CT molecular complexity index is 619. The summed E-state index contributed by atoms with van der Waals surface area (Å²) in [5.41, 5.74) is -1.21. The van der Waals surface area contributed by atoms with Crippen molar-refractivity contribution in [1.29, 1.82) is 0 Å². The van der Waals surface area contributed by atoms with E-state index in [1.807, 2.05) is 0 Å². The predicted octanol–water partition coefficient (Wildman–Crippen LogP) is 4.21. The molecular weight excluding hydrogens is 311 g/mol. The Balaban J connectivity index is 2.25. The largest absolute Gasteiger partial charge is 0.387 e. The van der Waals surface area contributed by atoms with E-state index in [2.05, 4.69) is 0 Å². The van der Waals surface area contributed by atoms with Gasteiger partial charge in [0.15, 0.2) is 23.3 Å². The first-order chi connectivity index (χ1) is 9.93. The van der Waals surface area contributed by atoms with Crippen LogP contribution < -0.4 is 0 Å². The van der Waals surface area contributed by atoms with Gasteiger partial charge in [0.25, 0.3) is 0 Å². The van der Waals surface area contributed by atoms with Crippen molar-refractivity contribution < 1.29 is 27.1 Å². The highest BCUT2D eigenvalue weighted by molar-refractivity contribution is 7.99. The maximum absolute atomic E-state index is 13.5. The number of aliphatic hydroxyl groups is 1. The number of benzene rings is 2. The molecule has 0 unspecified atom stereocenters. The summed E-state index contributed by atoms with van der Waals surface area (Å²) in [6.45, 7) is 0. The van der Waals surface area contributed by atoms with Crippen LogP contribution in [0.4, 0.5) is 22.0 Å². The topological polar surface area (TPSA) is 20.2 Å². The van der Waals surface area contributed by atoms with Gasteiger partial charge >= 0.3 is 0 Å². The minimum Gasteiger partial charge on any atom is -0.387 e. The molecule has 0 saturated heterocycles. The highest BCUT2D eigenvalue weighted by atomic mass is 32.2. The molecule has 7 heteroatoms. The first-order valence-corrected chi connectivity index (χ1v) is 6.79. The van der Waals surface area contributed by atoms with Crippen LogP contribution in [0.1, 0.15) is 11.7 Å². The molecule has 2 rings (SSSR count). The van der Waals surface area contributed by atoms with E-state index in [1.165, 1.54) is 0 Å². The molecule has 1 nitrogen and oxygen atoms in total. The Kier molecular flexibility index (Phi) is 4.84. The molecule has 0 aliphatic carbocycles. The van der Waals surface area contributed by atoms with Crippen LogP contribution in [0.2, 0.25) is 0 Å². The smallest absolute Gasteiger partial charge is 0.200 e. The number of aliphatic hydroxyl groups excluding tert-OH is 1. The van der Waals surface area contributed by atoms with Crippen molar-refractivity contribution in [3.8, 4) is 0 Å². The average molecular weight is 320 g/mol. The van der Waals surface area contributed by atoms with E-state index < -0.39 is 40.8 Å². The van der Waals surface area contributed by atoms with Crippen molar-refractivity contribution in [2.45, 2.75) is 11.0 Å². The second kappa shape index (κ2) is 6.44. The molecule has 21 heavy (non-hydrogen) atoms. The van der Waals surface area contributed by atoms with Crippen LogP contribution in [0.3, 0.4) is 0 Å². The second-order valence-corrected chi connectivity index (χ2v) is 5.22. The van der Waals surface area contributed by atoms with Gasteiger partial charge in [-0.05, 0) is 12.1 Å². The van der Waals surface area contributed by atoms with Crippen molar-refractivity contribution in [3.63, 3.8) is 0 Å². The van der Waals surface area contributed by atoms with Gasteiger partial charge in [-0.3, -0.25) is 0 Å². The van der Waals surface area contributed by atoms with Gasteiger partial charge in [0.05, 0.1) is 11.7 Å². The monoisotopic (exact) mass is 320 g/mol. The van der Waals surface area contributed by atoms with Crippen LogP contribution in [0.25, 0.3) is 0 Å². The van der Waals surface area contributed by atoms with Crippen molar-refractivity contribution in [1.82, 2.24) is 0 Å². The zero-order valence-electron chi connectivity index (χ0n) is 10.4. The zero-order valence-corrected chi connectivity index (χ0v) is 11.2. The molecule has 0 spiro atoms. The van der Waals surface area contributed by atoms with E-state index >= 15 is 0 Å². The van der Waals surface area contributed by atoms with Crippen LogP contribution in [-0.4, -0.2) is 10.9 Å². The van der Waals surface area contributed by atoms with Crippen LogP contribution in [0.5, 0.6) is 0 Å². The summed E-state index contributed by atoms with van der Waals surface area (Å²) in [4.78, 5) is 0.695. The quantitative estimate of drug-likeness (QED) is 0.394. The van der Waals surface area contributed by atoms with Crippen LogP contribution in [0, 0.1) is 29.1 Å². The van der Waals surface area contributed by atoms with Crippen molar-refractivity contribution in [2.75, 3.05) is 5.75 Å². The lowest BCUT2D eigenvalue weighted by atomic mass is 10.1. The van der Waals surface area contributed by atoms with E-state index in [0.29, 0.717) is 4.90 Å². The molecule has 0 aromatic heterocycles. The van der Waals surface area contributed by atoms with E-state index in [4.69, 9.17) is 0 Å². The standard InChI is InChI=1S/C14H9F5OS/c15-10-9(11(16)13(18)14(19)12(10)17)8(20)6-21-7-4-2-1-3-5-7/h1-5,8,20H,6H2/t8-/m0/s1. The molecule has 1 atom stereocenters. The summed E-state index contributed by atoms with van der Waals surface area (Å²) in [7, 11) is 0. The molecule has 1 N–H and O–H groups in total. The Morgan fingerprint density at radius 2 is 1.29 bits per heavy atom. The number of hydrogen-bond acceptors (Lipinski definition) is 2. The fourth-order valence-corrected chi connectivity index (χ4v) is 2.56. The Hall–Kier alpha value is -1.60. The lowest BCUT2D eigenvalue weighted by Crippen LogP contribution is -2.13. The fraction of sp³-hybridized carbons (Fsp3) is 0.143. The van der Waals surface area contributed by atoms with Crippen LogP contribution in [-0.2, 0) is 0 Å². The minimum absolute atomic E-state index is 0.248. The van der Waals surface area contributed by atoms with Gasteiger partial charge in [0.2, 0.25) is 5.82 Å². The van der Waals surface area contributed by atoms with Gasteiger partial charge in [-0.2, -0.15) is 0 Å². The third-order valence-corrected chi connectivity index (χ3v) is 3.82. The fourth-order valence-electron chi connectivity index (χ4n) is 1.69. The average Bonchev–Trinajstić information content (AvgIpc) is 2.50. The van der Waals surface area contributed by atoms with Crippen molar-refractivity contribution in [3.05, 3.63) is 65.0 Å². The van der Waals surface area contributed by atoms with Crippen molar-refractivity contribution >= 4 is 11.8 Å². The molecule has 0 bridgehead atoms. The Morgan fingerprint density at radius 1 is 0.810 bits per heavy atom. The third-order valence-electron chi connectivity index (χ3n) is 2.73. The van der Waals surface area contributed by atoms with Gasteiger partial charge in [0, 0.05) is 10.6 Å². The van der Waals surface area contributed by atoms with E-state index in [9.17, 15) is 27.1 Å². The van der Waals surface area contributed by atoms with E-state index in [-0.39, 0.29) is 5.75 Å².